The molecule has 0 N–H and O–H groups in total. The lowest BCUT2D eigenvalue weighted by Gasteiger charge is -2.19. The number of sulfone groups is 1. The van der Waals surface area contributed by atoms with Crippen molar-refractivity contribution in [3.8, 4) is 22.8 Å². The third-order valence-corrected chi connectivity index (χ3v) is 6.92. The highest BCUT2D eigenvalue weighted by Crippen LogP contribution is 2.31. The Kier molecular flexibility index (Phi) is 5.64. The number of halogens is 3. The highest BCUT2D eigenvalue weighted by Gasteiger charge is 2.31. The molecule has 0 aliphatic heterocycles. The molecule has 158 valence electrons. The van der Waals surface area contributed by atoms with Crippen molar-refractivity contribution in [3.05, 3.63) is 72.4 Å². The Hall–Kier alpha value is -2.87. The maximum absolute atomic E-state index is 12.6. The zero-order chi connectivity index (χ0) is 22.2. The smallest absolute Gasteiger partial charge is 0.417 e. The van der Waals surface area contributed by atoms with Gasteiger partial charge in [0.2, 0.25) is 0 Å². The number of ether oxygens (including phenoxy) is 1. The van der Waals surface area contributed by atoms with E-state index in [0.717, 1.165) is 12.3 Å². The Balaban J connectivity index is 1.73. The molecule has 0 aliphatic rings. The molecule has 1 aromatic heterocycles. The second-order valence-electron chi connectivity index (χ2n) is 7.64. The summed E-state index contributed by atoms with van der Waals surface area (Å²) in [5, 5.41) is 0. The van der Waals surface area contributed by atoms with Crippen LogP contribution in [0.3, 0.4) is 0 Å². The van der Waals surface area contributed by atoms with Crippen LogP contribution in [0.1, 0.15) is 26.3 Å². The first-order valence-corrected chi connectivity index (χ1v) is 10.5. The first-order chi connectivity index (χ1) is 13.9. The summed E-state index contributed by atoms with van der Waals surface area (Å²) in [6.45, 7) is 4.92. The van der Waals surface area contributed by atoms with Crippen LogP contribution in [0.15, 0.2) is 71.8 Å². The third-order valence-electron chi connectivity index (χ3n) is 4.42. The molecule has 2 aromatic carbocycles. The number of hydrogen-bond donors (Lipinski definition) is 0. The summed E-state index contributed by atoms with van der Waals surface area (Å²) in [4.78, 5) is 4.08. The highest BCUT2D eigenvalue weighted by molar-refractivity contribution is 7.92. The van der Waals surface area contributed by atoms with E-state index in [1.165, 1.54) is 18.2 Å². The lowest BCUT2D eigenvalue weighted by atomic mass is 10.1. The largest absolute Gasteiger partial charge is 0.457 e. The molecule has 0 radical (unpaired) electrons. The minimum atomic E-state index is -4.43. The van der Waals surface area contributed by atoms with Crippen LogP contribution in [0.4, 0.5) is 13.2 Å². The Morgan fingerprint density at radius 2 is 1.33 bits per heavy atom. The third kappa shape index (κ3) is 4.64. The van der Waals surface area contributed by atoms with Gasteiger partial charge in [-0.1, -0.05) is 0 Å². The van der Waals surface area contributed by atoms with Crippen LogP contribution in [-0.2, 0) is 16.0 Å². The summed E-state index contributed by atoms with van der Waals surface area (Å²) >= 11 is 0. The maximum Gasteiger partial charge on any atom is 0.417 e. The molecule has 1 heterocycles. The zero-order valence-electron chi connectivity index (χ0n) is 16.6. The Labute approximate surface area is 173 Å². The minimum absolute atomic E-state index is 0.214. The molecule has 8 heteroatoms. The van der Waals surface area contributed by atoms with Crippen molar-refractivity contribution in [2.75, 3.05) is 0 Å². The van der Waals surface area contributed by atoms with Crippen molar-refractivity contribution >= 4 is 9.84 Å². The van der Waals surface area contributed by atoms with Crippen molar-refractivity contribution in [2.45, 2.75) is 36.6 Å². The van der Waals surface area contributed by atoms with Gasteiger partial charge in [0.1, 0.15) is 11.5 Å². The molecule has 0 fully saturated rings. The molecule has 0 spiro atoms. The second kappa shape index (κ2) is 7.75. The first-order valence-electron chi connectivity index (χ1n) is 9.04. The van der Waals surface area contributed by atoms with Crippen LogP contribution in [-0.4, -0.2) is 18.1 Å². The number of hydrogen-bond acceptors (Lipinski definition) is 4. The summed E-state index contributed by atoms with van der Waals surface area (Å²) in [5.41, 5.74) is 0.247. The minimum Gasteiger partial charge on any atom is -0.457 e. The van der Waals surface area contributed by atoms with Crippen LogP contribution in [0.5, 0.6) is 11.5 Å². The monoisotopic (exact) mass is 435 g/mol. The number of aromatic nitrogens is 1. The lowest BCUT2D eigenvalue weighted by molar-refractivity contribution is -0.137. The van der Waals surface area contributed by atoms with E-state index in [1.54, 1.807) is 57.2 Å². The quantitative estimate of drug-likeness (QED) is 0.495. The summed E-state index contributed by atoms with van der Waals surface area (Å²) in [5.74, 6) is 0.959. The van der Waals surface area contributed by atoms with E-state index >= 15 is 0 Å². The number of rotatable bonds is 4. The fourth-order valence-electron chi connectivity index (χ4n) is 2.60. The summed E-state index contributed by atoms with van der Waals surface area (Å²) < 4.78 is 67.7. The SMILES string of the molecule is CC(C)(C)S(=O)(=O)c1ccc(Oc2ccc(-c3ccc(C(F)(F)F)cn3)cc2)cc1. The molecular formula is C22H20F3NO3S. The van der Waals surface area contributed by atoms with Gasteiger partial charge in [0.05, 0.1) is 20.9 Å². The predicted molar refractivity (Wildman–Crippen MR) is 108 cm³/mol. The second-order valence-corrected chi connectivity index (χ2v) is 10.3. The van der Waals surface area contributed by atoms with E-state index in [1.807, 2.05) is 0 Å². The number of nitrogens with zero attached hydrogens (tertiary/aromatic N) is 1. The summed E-state index contributed by atoms with van der Waals surface area (Å²) in [7, 11) is -3.45. The fraction of sp³-hybridized carbons (Fsp3) is 0.227. The normalized spacial score (nSPS) is 12.6. The molecule has 3 rings (SSSR count). The fourth-order valence-corrected chi connectivity index (χ4v) is 3.80. The molecule has 0 saturated carbocycles. The van der Waals surface area contributed by atoms with Gasteiger partial charge in [0.15, 0.2) is 9.84 Å². The molecule has 0 aliphatic carbocycles. The molecule has 0 bridgehead atoms. The van der Waals surface area contributed by atoms with E-state index in [0.29, 0.717) is 22.8 Å². The summed E-state index contributed by atoms with van der Waals surface area (Å²) in [6.07, 6.45) is -3.63. The van der Waals surface area contributed by atoms with Crippen LogP contribution in [0, 0.1) is 0 Å². The van der Waals surface area contributed by atoms with Crippen LogP contribution < -0.4 is 4.74 Å². The van der Waals surface area contributed by atoms with Crippen LogP contribution >= 0.6 is 0 Å². The van der Waals surface area contributed by atoms with Crippen LogP contribution in [0.2, 0.25) is 0 Å². The van der Waals surface area contributed by atoms with Gasteiger partial charge in [-0.2, -0.15) is 13.2 Å². The van der Waals surface area contributed by atoms with E-state index in [4.69, 9.17) is 4.74 Å². The molecule has 0 amide bonds. The van der Waals surface area contributed by atoms with Gasteiger partial charge in [0.25, 0.3) is 0 Å². The molecule has 30 heavy (non-hydrogen) atoms. The number of benzene rings is 2. The van der Waals surface area contributed by atoms with E-state index in [-0.39, 0.29) is 4.90 Å². The number of alkyl halides is 3. The molecule has 0 unspecified atom stereocenters. The Morgan fingerprint density at radius 1 is 0.800 bits per heavy atom. The predicted octanol–water partition coefficient (Wildman–Crippen LogP) is 6.13. The molecule has 3 aromatic rings. The topological polar surface area (TPSA) is 56.3 Å². The van der Waals surface area contributed by atoms with E-state index in [9.17, 15) is 21.6 Å². The maximum atomic E-state index is 12.6. The van der Waals surface area contributed by atoms with Gasteiger partial charge in [-0.3, -0.25) is 4.98 Å². The Bertz CT molecular complexity index is 1110. The molecule has 4 nitrogen and oxygen atoms in total. The standard InChI is InChI=1S/C22H20F3NO3S/c1-21(2,3)30(27,28)19-11-9-18(10-12-19)29-17-7-4-15(5-8-17)20-13-6-16(14-26-20)22(23,24)25/h4-14H,1-3H3. The van der Waals surface area contributed by atoms with E-state index in [2.05, 4.69) is 4.98 Å². The highest BCUT2D eigenvalue weighted by atomic mass is 32.2. The van der Waals surface area contributed by atoms with Crippen molar-refractivity contribution in [1.82, 2.24) is 4.98 Å². The average Bonchev–Trinajstić information content (AvgIpc) is 2.68. The van der Waals surface area contributed by atoms with Gasteiger partial charge >= 0.3 is 6.18 Å². The average molecular weight is 435 g/mol. The van der Waals surface area contributed by atoms with E-state index < -0.39 is 26.3 Å². The number of pyridine rings is 1. The summed E-state index contributed by atoms with van der Waals surface area (Å²) in [6, 6.07) is 15.1. The molecule has 0 atom stereocenters. The van der Waals surface area contributed by atoms with Crippen molar-refractivity contribution in [3.63, 3.8) is 0 Å². The van der Waals surface area contributed by atoms with Gasteiger partial charge in [-0.15, -0.1) is 0 Å². The van der Waals surface area contributed by atoms with Gasteiger partial charge < -0.3 is 4.74 Å². The van der Waals surface area contributed by atoms with Gasteiger partial charge in [-0.05, 0) is 81.4 Å². The zero-order valence-corrected chi connectivity index (χ0v) is 17.4. The molecule has 0 saturated heterocycles. The van der Waals surface area contributed by atoms with Crippen molar-refractivity contribution in [1.29, 1.82) is 0 Å². The Morgan fingerprint density at radius 3 is 1.77 bits per heavy atom. The lowest BCUT2D eigenvalue weighted by Crippen LogP contribution is -2.27. The van der Waals surface area contributed by atoms with Gasteiger partial charge in [0, 0.05) is 11.8 Å². The van der Waals surface area contributed by atoms with Gasteiger partial charge in [-0.25, -0.2) is 8.42 Å². The molecular weight excluding hydrogens is 415 g/mol. The van der Waals surface area contributed by atoms with Crippen molar-refractivity contribution < 1.29 is 26.3 Å². The van der Waals surface area contributed by atoms with Crippen molar-refractivity contribution in [2.24, 2.45) is 0 Å². The van der Waals surface area contributed by atoms with Crippen LogP contribution in [0.25, 0.3) is 11.3 Å². The first kappa shape index (κ1) is 21.8.